The maximum Gasteiger partial charge on any atom is 0.267 e. The molecule has 2 aromatic carbocycles. The van der Waals surface area contributed by atoms with Gasteiger partial charge in [0.25, 0.3) is 5.91 Å². The first-order valence-corrected chi connectivity index (χ1v) is 12.3. The molecule has 5 nitrogen and oxygen atoms in total. The molecular formula is C28H33ClN4O. The molecule has 0 saturated heterocycles. The number of nitriles is 1. The molecule has 34 heavy (non-hydrogen) atoms. The van der Waals surface area contributed by atoms with Gasteiger partial charge in [-0.1, -0.05) is 24.3 Å². The molecule has 0 spiro atoms. The average Bonchev–Trinajstić information content (AvgIpc) is 3.19. The Morgan fingerprint density at radius 1 is 1.03 bits per heavy atom. The summed E-state index contributed by atoms with van der Waals surface area (Å²) in [5.41, 5.74) is 5.19. The molecule has 1 aliphatic carbocycles. The second kappa shape index (κ2) is 11.1. The third-order valence-electron chi connectivity index (χ3n) is 7.54. The summed E-state index contributed by atoms with van der Waals surface area (Å²) < 4.78 is 0. The third-order valence-corrected chi connectivity index (χ3v) is 7.54. The molecule has 1 aromatic heterocycles. The van der Waals surface area contributed by atoms with E-state index in [-0.39, 0.29) is 24.4 Å². The minimum absolute atomic E-state index is 0. The van der Waals surface area contributed by atoms with Crippen LogP contribution < -0.4 is 5.32 Å². The number of carbonyl (C=O) groups is 1. The van der Waals surface area contributed by atoms with Crippen molar-refractivity contribution in [2.45, 2.75) is 51.0 Å². The lowest BCUT2D eigenvalue weighted by Crippen LogP contribution is -2.38. The van der Waals surface area contributed by atoms with E-state index >= 15 is 0 Å². The van der Waals surface area contributed by atoms with Crippen LogP contribution in [0.3, 0.4) is 0 Å². The summed E-state index contributed by atoms with van der Waals surface area (Å²) in [4.78, 5) is 18.5. The van der Waals surface area contributed by atoms with E-state index in [9.17, 15) is 4.79 Å². The Bertz CT molecular complexity index is 1140. The van der Waals surface area contributed by atoms with Crippen molar-refractivity contribution in [1.29, 1.82) is 5.26 Å². The lowest BCUT2D eigenvalue weighted by Gasteiger charge is -2.30. The van der Waals surface area contributed by atoms with Gasteiger partial charge in [-0.25, -0.2) is 0 Å². The smallest absolute Gasteiger partial charge is 0.267 e. The van der Waals surface area contributed by atoms with Crippen LogP contribution in [0.5, 0.6) is 0 Å². The number of hydrogen-bond acceptors (Lipinski definition) is 3. The number of fused-ring (bicyclic) bond motifs is 2. The Kier molecular flexibility index (Phi) is 7.92. The summed E-state index contributed by atoms with van der Waals surface area (Å²) in [5.74, 6) is 0.764. The number of carbonyl (C=O) groups excluding carboxylic acids is 1. The van der Waals surface area contributed by atoms with Crippen LogP contribution in [0.4, 0.5) is 0 Å². The normalized spacial score (nSPS) is 20.6. The van der Waals surface area contributed by atoms with Crippen molar-refractivity contribution in [3.63, 3.8) is 0 Å². The molecular weight excluding hydrogens is 444 g/mol. The molecule has 6 heteroatoms. The van der Waals surface area contributed by atoms with Gasteiger partial charge in [0, 0.05) is 30.0 Å². The van der Waals surface area contributed by atoms with E-state index in [1.807, 2.05) is 36.4 Å². The predicted octanol–water partition coefficient (Wildman–Crippen LogP) is 5.24. The average molecular weight is 477 g/mol. The number of nitrogens with one attached hydrogen (secondary N) is 2. The number of aromatic amines is 1. The first-order valence-electron chi connectivity index (χ1n) is 12.3. The molecule has 0 atom stereocenters. The molecule has 2 N–H and O–H groups in total. The standard InChI is InChI=1S/C28H32N4O.ClH/c29-19-21-5-8-22-12-15-32(16-13-23(22)17-21)14-11-20-6-9-25(10-7-20)30-28(33)27-18-24-3-1-2-4-26(24)31-27;/h1-5,8,17-18,20,25,31H,6-7,9-16H2,(H,30,33);1H. The zero-order valence-corrected chi connectivity index (χ0v) is 20.4. The Morgan fingerprint density at radius 2 is 1.79 bits per heavy atom. The van der Waals surface area contributed by atoms with Crippen molar-refractivity contribution < 1.29 is 4.79 Å². The third kappa shape index (κ3) is 5.63. The largest absolute Gasteiger partial charge is 0.351 e. The number of hydrogen-bond donors (Lipinski definition) is 2. The van der Waals surface area contributed by atoms with Crippen molar-refractivity contribution in [1.82, 2.24) is 15.2 Å². The van der Waals surface area contributed by atoms with Gasteiger partial charge in [0.1, 0.15) is 5.69 Å². The van der Waals surface area contributed by atoms with Crippen LogP contribution in [0, 0.1) is 17.2 Å². The number of benzene rings is 2. The molecule has 1 saturated carbocycles. The van der Waals surface area contributed by atoms with E-state index in [1.165, 1.54) is 30.4 Å². The summed E-state index contributed by atoms with van der Waals surface area (Å²) in [7, 11) is 0. The Labute approximate surface area is 207 Å². The van der Waals surface area contributed by atoms with Gasteiger partial charge >= 0.3 is 0 Å². The van der Waals surface area contributed by atoms with Gasteiger partial charge in [-0.15, -0.1) is 12.4 Å². The highest BCUT2D eigenvalue weighted by molar-refractivity contribution is 5.98. The molecule has 1 aliphatic heterocycles. The number of H-pyrrole nitrogens is 1. The molecule has 1 fully saturated rings. The Morgan fingerprint density at radius 3 is 2.56 bits per heavy atom. The van der Waals surface area contributed by atoms with Crippen LogP contribution in [0.2, 0.25) is 0 Å². The van der Waals surface area contributed by atoms with Crippen LogP contribution in [0.25, 0.3) is 10.9 Å². The van der Waals surface area contributed by atoms with Crippen LogP contribution in [-0.4, -0.2) is 41.5 Å². The molecule has 3 aromatic rings. The highest BCUT2D eigenvalue weighted by atomic mass is 35.5. The fraction of sp³-hybridized carbons (Fsp3) is 0.429. The molecule has 178 valence electrons. The highest BCUT2D eigenvalue weighted by Gasteiger charge is 2.24. The topological polar surface area (TPSA) is 71.9 Å². The van der Waals surface area contributed by atoms with Crippen LogP contribution in [-0.2, 0) is 12.8 Å². The summed E-state index contributed by atoms with van der Waals surface area (Å²) in [5, 5.41) is 13.5. The predicted molar refractivity (Wildman–Crippen MR) is 138 cm³/mol. The molecule has 2 aliphatic rings. The molecule has 1 amide bonds. The van der Waals surface area contributed by atoms with Crippen molar-refractivity contribution in [2.75, 3.05) is 19.6 Å². The summed E-state index contributed by atoms with van der Waals surface area (Å²) in [6.07, 6.45) is 7.87. The number of halogens is 1. The summed E-state index contributed by atoms with van der Waals surface area (Å²) in [6.45, 7) is 3.34. The number of amides is 1. The molecule has 2 heterocycles. The van der Waals surface area contributed by atoms with Gasteiger partial charge in [-0.05, 0) is 92.8 Å². The van der Waals surface area contributed by atoms with E-state index in [0.29, 0.717) is 5.69 Å². The van der Waals surface area contributed by atoms with E-state index in [4.69, 9.17) is 5.26 Å². The maximum atomic E-state index is 12.7. The lowest BCUT2D eigenvalue weighted by atomic mass is 9.84. The summed E-state index contributed by atoms with van der Waals surface area (Å²) in [6, 6.07) is 18.7. The SMILES string of the molecule is Cl.N#Cc1ccc2c(c1)CCN(CCC1CCC(NC(=O)c3cc4ccccc4[nH]3)CC1)CC2. The number of para-hydroxylation sites is 1. The number of aromatic nitrogens is 1. The van der Waals surface area contributed by atoms with Gasteiger partial charge in [0.05, 0.1) is 11.6 Å². The van der Waals surface area contributed by atoms with Gasteiger partial charge < -0.3 is 15.2 Å². The van der Waals surface area contributed by atoms with E-state index in [1.54, 1.807) is 0 Å². The van der Waals surface area contributed by atoms with E-state index < -0.39 is 0 Å². The number of rotatable bonds is 5. The van der Waals surface area contributed by atoms with Gasteiger partial charge in [0.2, 0.25) is 0 Å². The maximum absolute atomic E-state index is 12.7. The van der Waals surface area contributed by atoms with E-state index in [2.05, 4.69) is 33.4 Å². The number of nitrogens with zero attached hydrogens (tertiary/aromatic N) is 2. The minimum atomic E-state index is 0. The van der Waals surface area contributed by atoms with Crippen LogP contribution >= 0.6 is 12.4 Å². The Balaban J connectivity index is 0.00000274. The molecule has 0 radical (unpaired) electrons. The molecule has 0 unspecified atom stereocenters. The molecule has 5 rings (SSSR count). The second-order valence-electron chi connectivity index (χ2n) is 9.69. The zero-order chi connectivity index (χ0) is 22.6. The van der Waals surface area contributed by atoms with Crippen LogP contribution in [0.1, 0.15) is 59.3 Å². The van der Waals surface area contributed by atoms with Gasteiger partial charge in [-0.2, -0.15) is 5.26 Å². The lowest BCUT2D eigenvalue weighted by molar-refractivity contribution is 0.0915. The fourth-order valence-corrected chi connectivity index (χ4v) is 5.48. The van der Waals surface area contributed by atoms with Gasteiger partial charge in [-0.3, -0.25) is 4.79 Å². The highest BCUT2D eigenvalue weighted by Crippen LogP contribution is 2.28. The van der Waals surface area contributed by atoms with Gasteiger partial charge in [0.15, 0.2) is 0 Å². The minimum Gasteiger partial charge on any atom is -0.351 e. The summed E-state index contributed by atoms with van der Waals surface area (Å²) >= 11 is 0. The Hall–Kier alpha value is -2.81. The monoisotopic (exact) mass is 476 g/mol. The van der Waals surface area contributed by atoms with Crippen molar-refractivity contribution in [3.05, 3.63) is 70.9 Å². The first-order chi connectivity index (χ1) is 16.2. The second-order valence-corrected chi connectivity index (χ2v) is 9.69. The van der Waals surface area contributed by atoms with Crippen LogP contribution in [0.15, 0.2) is 48.5 Å². The zero-order valence-electron chi connectivity index (χ0n) is 19.6. The quantitative estimate of drug-likeness (QED) is 0.528. The molecule has 0 bridgehead atoms. The van der Waals surface area contributed by atoms with E-state index in [0.717, 1.165) is 67.7 Å². The van der Waals surface area contributed by atoms with Crippen molar-refractivity contribution >= 4 is 29.2 Å². The van der Waals surface area contributed by atoms with Crippen molar-refractivity contribution in [3.8, 4) is 6.07 Å². The fourth-order valence-electron chi connectivity index (χ4n) is 5.48. The van der Waals surface area contributed by atoms with Crippen molar-refractivity contribution in [2.24, 2.45) is 5.92 Å². The first kappa shape index (κ1) is 24.3.